The first kappa shape index (κ1) is 22.4. The molecule has 1 aliphatic rings. The van der Waals surface area contributed by atoms with Crippen molar-refractivity contribution in [3.8, 4) is 11.8 Å². The number of aromatic hydroxyl groups is 1. The molecule has 3 rings (SSSR count). The van der Waals surface area contributed by atoms with Gasteiger partial charge in [0.05, 0.1) is 12.0 Å². The molecular formula is C23H24ClN3O4. The summed E-state index contributed by atoms with van der Waals surface area (Å²) in [4.78, 5) is 25.2. The van der Waals surface area contributed by atoms with Crippen molar-refractivity contribution in [2.24, 2.45) is 5.92 Å². The number of carbonyl (C=O) groups excluding carboxylic acids is 2. The van der Waals surface area contributed by atoms with Gasteiger partial charge in [-0.25, -0.2) is 4.79 Å². The number of alkyl carbamates (subject to hydrolysis) is 1. The van der Waals surface area contributed by atoms with E-state index in [1.54, 1.807) is 30.3 Å². The maximum atomic E-state index is 12.9. The second-order valence-electron chi connectivity index (χ2n) is 7.48. The minimum Gasteiger partial charge on any atom is -0.508 e. The zero-order chi connectivity index (χ0) is 22.2. The molecule has 2 amide bonds. The lowest BCUT2D eigenvalue weighted by molar-refractivity contribution is -0.127. The lowest BCUT2D eigenvalue weighted by Crippen LogP contribution is -2.49. The number of ether oxygens (including phenoxy) is 1. The molecule has 0 radical (unpaired) electrons. The first-order chi connectivity index (χ1) is 15.0. The van der Waals surface area contributed by atoms with Gasteiger partial charge in [0.2, 0.25) is 5.91 Å². The maximum absolute atomic E-state index is 12.9. The molecule has 0 aromatic heterocycles. The zero-order valence-electron chi connectivity index (χ0n) is 16.9. The van der Waals surface area contributed by atoms with Crippen LogP contribution in [-0.2, 0) is 16.1 Å². The molecule has 0 aliphatic heterocycles. The molecule has 7 nitrogen and oxygen atoms in total. The summed E-state index contributed by atoms with van der Waals surface area (Å²) >= 11 is 6.08. The van der Waals surface area contributed by atoms with Crippen molar-refractivity contribution in [1.29, 1.82) is 5.26 Å². The molecule has 2 aromatic rings. The highest BCUT2D eigenvalue weighted by atomic mass is 35.5. The number of carbonyl (C=O) groups is 2. The topological polar surface area (TPSA) is 111 Å². The molecule has 31 heavy (non-hydrogen) atoms. The van der Waals surface area contributed by atoms with Crippen LogP contribution in [-0.4, -0.2) is 23.1 Å². The van der Waals surface area contributed by atoms with Gasteiger partial charge < -0.3 is 20.5 Å². The van der Waals surface area contributed by atoms with Crippen LogP contribution in [0.1, 0.15) is 42.9 Å². The number of phenolic OH excluding ortho intramolecular Hbond substituents is 1. The summed E-state index contributed by atoms with van der Waals surface area (Å²) in [6, 6.07) is 14.1. The largest absolute Gasteiger partial charge is 0.508 e. The zero-order valence-corrected chi connectivity index (χ0v) is 17.6. The van der Waals surface area contributed by atoms with Gasteiger partial charge in [0.15, 0.2) is 0 Å². The van der Waals surface area contributed by atoms with Crippen LogP contribution in [0.2, 0.25) is 5.02 Å². The van der Waals surface area contributed by atoms with E-state index in [4.69, 9.17) is 16.3 Å². The van der Waals surface area contributed by atoms with Crippen LogP contribution in [0.25, 0.3) is 0 Å². The number of amides is 2. The number of hydrogen-bond acceptors (Lipinski definition) is 5. The normalized spacial score (nSPS) is 19.0. The Bertz CT molecular complexity index is 975. The molecule has 0 spiro atoms. The minimum absolute atomic E-state index is 0.0190. The quantitative estimate of drug-likeness (QED) is 0.621. The number of benzene rings is 2. The van der Waals surface area contributed by atoms with E-state index in [-0.39, 0.29) is 18.3 Å². The molecule has 1 saturated carbocycles. The van der Waals surface area contributed by atoms with Crippen LogP contribution < -0.4 is 10.6 Å². The predicted octanol–water partition coefficient (Wildman–Crippen LogP) is 4.21. The summed E-state index contributed by atoms with van der Waals surface area (Å²) in [5.41, 5.74) is 1.19. The number of nitrogens with one attached hydrogen (secondary N) is 2. The van der Waals surface area contributed by atoms with Crippen molar-refractivity contribution in [1.82, 2.24) is 10.6 Å². The molecule has 3 atom stereocenters. The number of nitrogens with zero attached hydrogens (tertiary/aromatic N) is 1. The lowest BCUT2D eigenvalue weighted by atomic mass is 9.83. The molecule has 162 valence electrons. The summed E-state index contributed by atoms with van der Waals surface area (Å²) in [6.45, 7) is 0.0308. The Labute approximate surface area is 186 Å². The monoisotopic (exact) mass is 441 g/mol. The summed E-state index contributed by atoms with van der Waals surface area (Å²) in [6.07, 6.45) is 2.36. The molecule has 0 bridgehead atoms. The molecule has 2 aromatic carbocycles. The summed E-state index contributed by atoms with van der Waals surface area (Å²) in [7, 11) is 0. The third-order valence-corrected chi connectivity index (χ3v) is 5.71. The second-order valence-corrected chi connectivity index (χ2v) is 7.88. The van der Waals surface area contributed by atoms with Crippen LogP contribution in [0.5, 0.6) is 5.75 Å². The second kappa shape index (κ2) is 10.7. The van der Waals surface area contributed by atoms with Crippen molar-refractivity contribution in [3.05, 3.63) is 64.7 Å². The smallest absolute Gasteiger partial charge is 0.407 e. The van der Waals surface area contributed by atoms with Gasteiger partial charge >= 0.3 is 6.09 Å². The van der Waals surface area contributed by atoms with E-state index in [0.717, 1.165) is 12.8 Å². The Hall–Kier alpha value is -3.24. The fourth-order valence-electron chi connectivity index (χ4n) is 3.71. The van der Waals surface area contributed by atoms with E-state index in [1.165, 1.54) is 12.1 Å². The molecule has 1 unspecified atom stereocenters. The standard InChI is InChI=1S/C23H24ClN3O4/c24-19-10-3-1-6-16(19)14-31-23(30)27-20-11-4-2-9-18(20)22(29)26-21(13-25)15-7-5-8-17(28)12-15/h1,3,5-8,10,12,18,20-21,28H,2,4,9,11,14H2,(H,26,29)(H,27,30)/t18-,20-,21?/m1/s1. The highest BCUT2D eigenvalue weighted by Crippen LogP contribution is 2.26. The number of halogens is 1. The Kier molecular flexibility index (Phi) is 7.74. The number of hydrogen-bond donors (Lipinski definition) is 3. The Morgan fingerprint density at radius 3 is 2.71 bits per heavy atom. The van der Waals surface area contributed by atoms with E-state index < -0.39 is 24.1 Å². The van der Waals surface area contributed by atoms with Crippen LogP contribution in [0, 0.1) is 17.2 Å². The van der Waals surface area contributed by atoms with E-state index in [2.05, 4.69) is 10.6 Å². The lowest BCUT2D eigenvalue weighted by Gasteiger charge is -2.31. The van der Waals surface area contributed by atoms with Crippen molar-refractivity contribution < 1.29 is 19.4 Å². The van der Waals surface area contributed by atoms with E-state index in [0.29, 0.717) is 29.0 Å². The van der Waals surface area contributed by atoms with E-state index in [9.17, 15) is 20.0 Å². The van der Waals surface area contributed by atoms with E-state index >= 15 is 0 Å². The van der Waals surface area contributed by atoms with Gasteiger partial charge in [0.25, 0.3) is 0 Å². The summed E-state index contributed by atoms with van der Waals surface area (Å²) in [5.74, 6) is -0.772. The fourth-order valence-corrected chi connectivity index (χ4v) is 3.90. The summed E-state index contributed by atoms with van der Waals surface area (Å²) < 4.78 is 5.28. The van der Waals surface area contributed by atoms with Crippen molar-refractivity contribution in [2.45, 2.75) is 44.4 Å². The van der Waals surface area contributed by atoms with Crippen molar-refractivity contribution in [3.63, 3.8) is 0 Å². The van der Waals surface area contributed by atoms with Crippen molar-refractivity contribution in [2.75, 3.05) is 0 Å². The number of rotatable bonds is 6. The van der Waals surface area contributed by atoms with Gasteiger partial charge in [-0.15, -0.1) is 0 Å². The first-order valence-corrected chi connectivity index (χ1v) is 10.5. The molecule has 0 heterocycles. The third kappa shape index (κ3) is 6.12. The van der Waals surface area contributed by atoms with Crippen LogP contribution in [0.15, 0.2) is 48.5 Å². The van der Waals surface area contributed by atoms with Crippen molar-refractivity contribution >= 4 is 23.6 Å². The van der Waals surface area contributed by atoms with Crippen LogP contribution in [0.4, 0.5) is 4.79 Å². The molecular weight excluding hydrogens is 418 g/mol. The van der Waals surface area contributed by atoms with Gasteiger partial charge in [-0.2, -0.15) is 5.26 Å². The van der Waals surface area contributed by atoms with Crippen LogP contribution in [0.3, 0.4) is 0 Å². The van der Waals surface area contributed by atoms with Gasteiger partial charge in [0.1, 0.15) is 18.4 Å². The van der Waals surface area contributed by atoms with Gasteiger partial charge in [-0.3, -0.25) is 4.79 Å². The Morgan fingerprint density at radius 1 is 1.19 bits per heavy atom. The molecule has 3 N–H and O–H groups in total. The van der Waals surface area contributed by atoms with E-state index in [1.807, 2.05) is 12.1 Å². The average molecular weight is 442 g/mol. The van der Waals surface area contributed by atoms with Gasteiger partial charge in [-0.1, -0.05) is 54.8 Å². The summed E-state index contributed by atoms with van der Waals surface area (Å²) in [5, 5.41) is 25.2. The molecule has 8 heteroatoms. The maximum Gasteiger partial charge on any atom is 0.407 e. The number of phenols is 1. The minimum atomic E-state index is -0.894. The predicted molar refractivity (Wildman–Crippen MR) is 115 cm³/mol. The average Bonchev–Trinajstić information content (AvgIpc) is 2.77. The molecule has 1 aliphatic carbocycles. The fraction of sp³-hybridized carbons (Fsp3) is 0.348. The number of nitriles is 1. The van der Waals surface area contributed by atoms with Crippen LogP contribution >= 0.6 is 11.6 Å². The Morgan fingerprint density at radius 2 is 1.97 bits per heavy atom. The molecule has 0 saturated heterocycles. The first-order valence-electron chi connectivity index (χ1n) is 10.1. The molecule has 1 fully saturated rings. The van der Waals surface area contributed by atoms with Gasteiger partial charge in [0, 0.05) is 16.6 Å². The third-order valence-electron chi connectivity index (χ3n) is 5.34. The highest BCUT2D eigenvalue weighted by molar-refractivity contribution is 6.31. The SMILES string of the molecule is N#CC(NC(=O)[C@@H]1CCCC[C@H]1NC(=O)OCc1ccccc1Cl)c1cccc(O)c1. The highest BCUT2D eigenvalue weighted by Gasteiger charge is 2.33. The van der Waals surface area contributed by atoms with Gasteiger partial charge in [-0.05, 0) is 36.6 Å². The Balaban J connectivity index is 1.60.